The van der Waals surface area contributed by atoms with Crippen LogP contribution in [0.25, 0.3) is 0 Å². The highest BCUT2D eigenvalue weighted by atomic mass is 79.9. The highest BCUT2D eigenvalue weighted by molar-refractivity contribution is 9.10. The molecule has 20 heavy (non-hydrogen) atoms. The first kappa shape index (κ1) is 14.7. The molecule has 0 radical (unpaired) electrons. The monoisotopic (exact) mass is 340 g/mol. The summed E-state index contributed by atoms with van der Waals surface area (Å²) in [7, 11) is 0. The van der Waals surface area contributed by atoms with E-state index < -0.39 is 11.7 Å². The topological polar surface area (TPSA) is 55.1 Å². The zero-order valence-corrected chi connectivity index (χ0v) is 12.9. The molecule has 1 aromatic carbocycles. The Kier molecular flexibility index (Phi) is 3.94. The Hall–Kier alpha value is -1.69. The van der Waals surface area contributed by atoms with Crippen molar-refractivity contribution in [3.63, 3.8) is 0 Å². The normalized spacial score (nSPS) is 11.4. The van der Waals surface area contributed by atoms with Gasteiger partial charge in [0.1, 0.15) is 5.82 Å². The maximum Gasteiger partial charge on any atom is 0.261 e. The lowest BCUT2D eigenvalue weighted by molar-refractivity contribution is 0.102. The van der Waals surface area contributed by atoms with Crippen LogP contribution in [0.15, 0.2) is 33.3 Å². The molecule has 2 rings (SSSR count). The summed E-state index contributed by atoms with van der Waals surface area (Å²) in [6.45, 7) is 5.93. The largest absolute Gasteiger partial charge is 0.338 e. The number of carbonyl (C=O) groups excluding carboxylic acids is 1. The Bertz CT molecular complexity index is 647. The number of nitrogens with zero attached hydrogens (tertiary/aromatic N) is 1. The first-order chi connectivity index (χ1) is 9.27. The van der Waals surface area contributed by atoms with Crippen LogP contribution in [0.3, 0.4) is 0 Å². The number of aromatic nitrogens is 1. The Morgan fingerprint density at radius 2 is 2.05 bits per heavy atom. The van der Waals surface area contributed by atoms with Gasteiger partial charge in [-0.25, -0.2) is 4.39 Å². The molecule has 6 heteroatoms. The average molecular weight is 341 g/mol. The predicted molar refractivity (Wildman–Crippen MR) is 77.3 cm³/mol. The highest BCUT2D eigenvalue weighted by Crippen LogP contribution is 2.24. The zero-order chi connectivity index (χ0) is 14.9. The fraction of sp³-hybridized carbons (Fsp3) is 0.286. The standard InChI is InChI=1S/C14H14BrFN2O2/c1-14(2,3)11-7-12(20-18-11)17-13(19)9-5-4-8(15)6-10(9)16/h4-7H,1-3H3,(H,17,19). The van der Waals surface area contributed by atoms with Gasteiger partial charge in [0, 0.05) is 16.0 Å². The zero-order valence-electron chi connectivity index (χ0n) is 11.3. The van der Waals surface area contributed by atoms with E-state index in [1.54, 1.807) is 12.1 Å². The van der Waals surface area contributed by atoms with Gasteiger partial charge in [-0.15, -0.1) is 0 Å². The SMILES string of the molecule is CC(C)(C)c1cc(NC(=O)c2ccc(Br)cc2F)on1. The molecule has 0 aliphatic carbocycles. The van der Waals surface area contributed by atoms with Crippen LogP contribution in [0.5, 0.6) is 0 Å². The van der Waals surface area contributed by atoms with Crippen LogP contribution in [-0.2, 0) is 5.41 Å². The van der Waals surface area contributed by atoms with Crippen LogP contribution in [0.1, 0.15) is 36.8 Å². The van der Waals surface area contributed by atoms with E-state index >= 15 is 0 Å². The molecule has 0 saturated carbocycles. The minimum Gasteiger partial charge on any atom is -0.338 e. The molecule has 0 atom stereocenters. The molecular formula is C14H14BrFN2O2. The fourth-order valence-corrected chi connectivity index (χ4v) is 1.87. The van der Waals surface area contributed by atoms with Crippen LogP contribution in [0.2, 0.25) is 0 Å². The molecular weight excluding hydrogens is 327 g/mol. The third-order valence-electron chi connectivity index (χ3n) is 2.69. The molecule has 0 unspecified atom stereocenters. The first-order valence-corrected chi connectivity index (χ1v) is 6.80. The minimum absolute atomic E-state index is 0.0538. The van der Waals surface area contributed by atoms with Gasteiger partial charge in [-0.1, -0.05) is 41.9 Å². The van der Waals surface area contributed by atoms with Crippen LogP contribution < -0.4 is 5.32 Å². The molecule has 1 N–H and O–H groups in total. The van der Waals surface area contributed by atoms with Gasteiger partial charge in [-0.2, -0.15) is 0 Å². The van der Waals surface area contributed by atoms with Gasteiger partial charge in [0.15, 0.2) is 0 Å². The van der Waals surface area contributed by atoms with Gasteiger partial charge in [0.25, 0.3) is 5.91 Å². The number of carbonyl (C=O) groups is 1. The van der Waals surface area contributed by atoms with Gasteiger partial charge < -0.3 is 4.52 Å². The molecule has 0 aliphatic rings. The van der Waals surface area contributed by atoms with Crippen molar-refractivity contribution in [2.75, 3.05) is 5.32 Å². The molecule has 0 aliphatic heterocycles. The van der Waals surface area contributed by atoms with Crippen molar-refractivity contribution in [2.24, 2.45) is 0 Å². The van der Waals surface area contributed by atoms with Crippen LogP contribution in [-0.4, -0.2) is 11.1 Å². The number of amides is 1. The summed E-state index contributed by atoms with van der Waals surface area (Å²) in [6.07, 6.45) is 0. The molecule has 0 spiro atoms. The molecule has 1 aromatic heterocycles. The van der Waals surface area contributed by atoms with E-state index in [-0.39, 0.29) is 16.9 Å². The van der Waals surface area contributed by atoms with Crippen molar-refractivity contribution < 1.29 is 13.7 Å². The van der Waals surface area contributed by atoms with E-state index in [2.05, 4.69) is 26.4 Å². The van der Waals surface area contributed by atoms with E-state index in [1.807, 2.05) is 20.8 Å². The Labute approximate surface area is 124 Å². The average Bonchev–Trinajstić information content (AvgIpc) is 2.76. The molecule has 0 saturated heterocycles. The lowest BCUT2D eigenvalue weighted by Crippen LogP contribution is -2.13. The van der Waals surface area contributed by atoms with Crippen molar-refractivity contribution in [1.82, 2.24) is 5.16 Å². The lowest BCUT2D eigenvalue weighted by atomic mass is 9.92. The van der Waals surface area contributed by atoms with Gasteiger partial charge in [0.05, 0.1) is 11.3 Å². The first-order valence-electron chi connectivity index (χ1n) is 6.01. The molecule has 4 nitrogen and oxygen atoms in total. The Morgan fingerprint density at radius 3 is 2.60 bits per heavy atom. The molecule has 1 heterocycles. The maximum absolute atomic E-state index is 13.7. The number of anilines is 1. The summed E-state index contributed by atoms with van der Waals surface area (Å²) in [6, 6.07) is 5.86. The van der Waals surface area contributed by atoms with Crippen molar-refractivity contribution in [1.29, 1.82) is 0 Å². The van der Waals surface area contributed by atoms with Gasteiger partial charge in [0.2, 0.25) is 5.88 Å². The van der Waals surface area contributed by atoms with Gasteiger partial charge in [-0.05, 0) is 18.2 Å². The van der Waals surface area contributed by atoms with E-state index in [4.69, 9.17) is 4.52 Å². The fourth-order valence-electron chi connectivity index (χ4n) is 1.54. The molecule has 0 bridgehead atoms. The molecule has 1 amide bonds. The second kappa shape index (κ2) is 5.36. The van der Waals surface area contributed by atoms with E-state index in [0.29, 0.717) is 10.2 Å². The van der Waals surface area contributed by atoms with E-state index in [1.165, 1.54) is 12.1 Å². The van der Waals surface area contributed by atoms with Crippen LogP contribution in [0, 0.1) is 5.82 Å². The van der Waals surface area contributed by atoms with Crippen molar-refractivity contribution >= 4 is 27.7 Å². The summed E-state index contributed by atoms with van der Waals surface area (Å²) >= 11 is 3.14. The summed E-state index contributed by atoms with van der Waals surface area (Å²) in [5.74, 6) is -0.985. The number of nitrogens with one attached hydrogen (secondary N) is 1. The van der Waals surface area contributed by atoms with Crippen molar-refractivity contribution in [3.05, 3.63) is 45.8 Å². The molecule has 0 fully saturated rings. The molecule has 2 aromatic rings. The number of hydrogen-bond acceptors (Lipinski definition) is 3. The summed E-state index contributed by atoms with van der Waals surface area (Å²) in [4.78, 5) is 12.0. The van der Waals surface area contributed by atoms with Gasteiger partial charge >= 0.3 is 0 Å². The number of halogens is 2. The second-order valence-electron chi connectivity index (χ2n) is 5.40. The number of rotatable bonds is 2. The van der Waals surface area contributed by atoms with Crippen molar-refractivity contribution in [3.8, 4) is 0 Å². The minimum atomic E-state index is -0.604. The predicted octanol–water partition coefficient (Wildman–Crippen LogP) is 4.13. The highest BCUT2D eigenvalue weighted by Gasteiger charge is 2.20. The van der Waals surface area contributed by atoms with Crippen LogP contribution >= 0.6 is 15.9 Å². The summed E-state index contributed by atoms with van der Waals surface area (Å²) in [5, 5.41) is 6.37. The van der Waals surface area contributed by atoms with Gasteiger partial charge in [-0.3, -0.25) is 10.1 Å². The second-order valence-corrected chi connectivity index (χ2v) is 6.32. The third-order valence-corrected chi connectivity index (χ3v) is 3.18. The smallest absolute Gasteiger partial charge is 0.261 e. The quantitative estimate of drug-likeness (QED) is 0.894. The summed E-state index contributed by atoms with van der Waals surface area (Å²) < 4.78 is 19.3. The summed E-state index contributed by atoms with van der Waals surface area (Å²) in [5.41, 5.74) is 0.473. The molecule has 106 valence electrons. The number of hydrogen-bond donors (Lipinski definition) is 1. The van der Waals surface area contributed by atoms with E-state index in [0.717, 1.165) is 0 Å². The Balaban J connectivity index is 2.17. The lowest BCUT2D eigenvalue weighted by Gasteiger charge is -2.12. The third kappa shape index (κ3) is 3.25. The Morgan fingerprint density at radius 1 is 1.35 bits per heavy atom. The van der Waals surface area contributed by atoms with Crippen LogP contribution in [0.4, 0.5) is 10.3 Å². The maximum atomic E-state index is 13.7. The number of benzene rings is 1. The van der Waals surface area contributed by atoms with E-state index in [9.17, 15) is 9.18 Å². The van der Waals surface area contributed by atoms with Crippen molar-refractivity contribution in [2.45, 2.75) is 26.2 Å².